The van der Waals surface area contributed by atoms with Crippen molar-refractivity contribution in [3.8, 4) is 0 Å². The lowest BCUT2D eigenvalue weighted by Crippen LogP contribution is -2.40. The Balaban J connectivity index is 2.40. The fourth-order valence-corrected chi connectivity index (χ4v) is 2.03. The quantitative estimate of drug-likeness (QED) is 0.718. The van der Waals surface area contributed by atoms with Crippen molar-refractivity contribution in [3.63, 3.8) is 0 Å². The lowest BCUT2D eigenvalue weighted by Gasteiger charge is -2.07. The number of rotatable bonds is 5. The van der Waals surface area contributed by atoms with Gasteiger partial charge in [0.05, 0.1) is 0 Å². The van der Waals surface area contributed by atoms with E-state index in [1.165, 1.54) is 13.8 Å². The summed E-state index contributed by atoms with van der Waals surface area (Å²) in [4.78, 5) is 33.8. The van der Waals surface area contributed by atoms with Crippen LogP contribution in [0.5, 0.6) is 0 Å². The zero-order chi connectivity index (χ0) is 15.1. The zero-order valence-corrected chi connectivity index (χ0v) is 12.0. The molecule has 0 unspecified atom stereocenters. The van der Waals surface area contributed by atoms with Crippen LogP contribution in [-0.4, -0.2) is 29.6 Å². The topological polar surface area (TPSA) is 95.5 Å². The van der Waals surface area contributed by atoms with Crippen molar-refractivity contribution < 1.29 is 19.5 Å². The van der Waals surface area contributed by atoms with Crippen molar-refractivity contribution in [2.45, 2.75) is 20.3 Å². The highest BCUT2D eigenvalue weighted by atomic mass is 32.1. The number of amides is 3. The molecule has 0 bridgehead atoms. The Hall–Kier alpha value is -2.15. The summed E-state index contributed by atoms with van der Waals surface area (Å²) in [5.41, 5.74) is 1.03. The number of aliphatic carboxylic acids is 1. The van der Waals surface area contributed by atoms with E-state index in [1.807, 2.05) is 16.8 Å². The van der Waals surface area contributed by atoms with E-state index in [4.69, 9.17) is 5.11 Å². The molecule has 0 spiro atoms. The molecule has 0 radical (unpaired) electrons. The van der Waals surface area contributed by atoms with Crippen molar-refractivity contribution in [2.75, 3.05) is 6.54 Å². The molecule has 1 aromatic rings. The summed E-state index contributed by atoms with van der Waals surface area (Å²) in [5, 5.41) is 17.3. The molecular formula is C13H16N2O4S. The van der Waals surface area contributed by atoms with Crippen molar-refractivity contribution in [3.05, 3.63) is 33.5 Å². The molecular weight excluding hydrogens is 280 g/mol. The molecule has 20 heavy (non-hydrogen) atoms. The molecule has 0 atom stereocenters. The van der Waals surface area contributed by atoms with E-state index in [9.17, 15) is 14.4 Å². The summed E-state index contributed by atoms with van der Waals surface area (Å²) in [5.74, 6) is -1.89. The SMILES string of the molecule is CC(C(=O)O)=C(C)C(=O)NC(=O)NCCc1ccsc1. The van der Waals surface area contributed by atoms with Gasteiger partial charge in [0, 0.05) is 17.7 Å². The van der Waals surface area contributed by atoms with E-state index in [-0.39, 0.29) is 11.1 Å². The predicted octanol–water partition coefficient (Wildman–Crippen LogP) is 1.54. The minimum Gasteiger partial charge on any atom is -0.478 e. The second-order valence-corrected chi connectivity index (χ2v) is 4.93. The van der Waals surface area contributed by atoms with Crippen molar-refractivity contribution in [1.82, 2.24) is 10.6 Å². The summed E-state index contributed by atoms with van der Waals surface area (Å²) < 4.78 is 0. The van der Waals surface area contributed by atoms with E-state index in [0.29, 0.717) is 13.0 Å². The number of carbonyl (C=O) groups is 3. The van der Waals surface area contributed by atoms with Gasteiger partial charge in [-0.05, 0) is 42.7 Å². The van der Waals surface area contributed by atoms with Crippen LogP contribution in [0.4, 0.5) is 4.79 Å². The molecule has 1 heterocycles. The molecule has 0 aliphatic rings. The Bertz CT molecular complexity index is 535. The summed E-state index contributed by atoms with van der Waals surface area (Å²) in [6.07, 6.45) is 0.675. The lowest BCUT2D eigenvalue weighted by molar-refractivity contribution is -0.133. The van der Waals surface area contributed by atoms with Gasteiger partial charge in [-0.15, -0.1) is 0 Å². The molecule has 0 aliphatic heterocycles. The second kappa shape index (κ2) is 7.44. The van der Waals surface area contributed by atoms with Crippen LogP contribution < -0.4 is 10.6 Å². The molecule has 7 heteroatoms. The molecule has 0 saturated heterocycles. The number of carboxylic acids is 1. The van der Waals surface area contributed by atoms with E-state index in [0.717, 1.165) is 5.56 Å². The van der Waals surface area contributed by atoms with E-state index < -0.39 is 17.9 Å². The Labute approximate surface area is 120 Å². The summed E-state index contributed by atoms with van der Waals surface area (Å²) in [7, 11) is 0. The Morgan fingerprint density at radius 2 is 1.95 bits per heavy atom. The summed E-state index contributed by atoms with van der Waals surface area (Å²) in [6, 6.07) is 1.32. The number of imide groups is 1. The van der Waals surface area contributed by atoms with Crippen LogP contribution in [-0.2, 0) is 16.0 Å². The summed E-state index contributed by atoms with van der Waals surface area (Å²) in [6.45, 7) is 3.07. The van der Waals surface area contributed by atoms with Gasteiger partial charge in [-0.1, -0.05) is 0 Å². The van der Waals surface area contributed by atoms with Crippen LogP contribution >= 0.6 is 11.3 Å². The summed E-state index contributed by atoms with van der Waals surface area (Å²) >= 11 is 1.57. The van der Waals surface area contributed by atoms with Gasteiger partial charge in [-0.25, -0.2) is 9.59 Å². The van der Waals surface area contributed by atoms with Gasteiger partial charge < -0.3 is 10.4 Å². The molecule has 3 amide bonds. The van der Waals surface area contributed by atoms with Gasteiger partial charge in [0.2, 0.25) is 0 Å². The highest BCUT2D eigenvalue weighted by Gasteiger charge is 2.14. The van der Waals surface area contributed by atoms with Gasteiger partial charge in [0.15, 0.2) is 0 Å². The fourth-order valence-electron chi connectivity index (χ4n) is 1.33. The maximum atomic E-state index is 11.6. The van der Waals surface area contributed by atoms with E-state index >= 15 is 0 Å². The number of thiophene rings is 1. The molecule has 108 valence electrons. The van der Waals surface area contributed by atoms with Gasteiger partial charge in [-0.3, -0.25) is 10.1 Å². The Morgan fingerprint density at radius 3 is 2.50 bits per heavy atom. The van der Waals surface area contributed by atoms with Gasteiger partial charge >= 0.3 is 12.0 Å². The van der Waals surface area contributed by atoms with Gasteiger partial charge in [-0.2, -0.15) is 11.3 Å². The number of carbonyl (C=O) groups excluding carboxylic acids is 2. The van der Waals surface area contributed by atoms with E-state index in [2.05, 4.69) is 10.6 Å². The van der Waals surface area contributed by atoms with Crippen LogP contribution in [0.15, 0.2) is 28.0 Å². The average Bonchev–Trinajstić information content (AvgIpc) is 2.89. The molecule has 0 saturated carbocycles. The lowest BCUT2D eigenvalue weighted by atomic mass is 10.1. The maximum Gasteiger partial charge on any atom is 0.331 e. The largest absolute Gasteiger partial charge is 0.478 e. The van der Waals surface area contributed by atoms with Crippen LogP contribution in [0.2, 0.25) is 0 Å². The molecule has 0 aromatic carbocycles. The number of hydrogen-bond acceptors (Lipinski definition) is 4. The van der Waals surface area contributed by atoms with Crippen molar-refractivity contribution in [1.29, 1.82) is 0 Å². The maximum absolute atomic E-state index is 11.6. The number of urea groups is 1. The molecule has 1 rings (SSSR count). The zero-order valence-electron chi connectivity index (χ0n) is 11.2. The Morgan fingerprint density at radius 1 is 1.25 bits per heavy atom. The van der Waals surface area contributed by atoms with Gasteiger partial charge in [0.25, 0.3) is 5.91 Å². The molecule has 6 nitrogen and oxygen atoms in total. The van der Waals surface area contributed by atoms with Gasteiger partial charge in [0.1, 0.15) is 0 Å². The van der Waals surface area contributed by atoms with Crippen LogP contribution in [0, 0.1) is 0 Å². The molecule has 1 aromatic heterocycles. The standard InChI is InChI=1S/C13H16N2O4S/c1-8(9(2)12(17)18)11(16)15-13(19)14-5-3-10-4-6-20-7-10/h4,6-7H,3,5H2,1-2H3,(H,17,18)(H2,14,15,16,19). The fraction of sp³-hybridized carbons (Fsp3) is 0.308. The second-order valence-electron chi connectivity index (χ2n) is 4.15. The van der Waals surface area contributed by atoms with E-state index in [1.54, 1.807) is 11.3 Å². The third-order valence-electron chi connectivity index (χ3n) is 2.73. The normalized spacial score (nSPS) is 11.5. The number of hydrogen-bond donors (Lipinski definition) is 3. The van der Waals surface area contributed by atoms with Crippen LogP contribution in [0.25, 0.3) is 0 Å². The molecule has 0 aliphatic carbocycles. The monoisotopic (exact) mass is 296 g/mol. The first kappa shape index (κ1) is 15.9. The molecule has 0 fully saturated rings. The average molecular weight is 296 g/mol. The third-order valence-corrected chi connectivity index (χ3v) is 3.46. The van der Waals surface area contributed by atoms with Crippen molar-refractivity contribution >= 4 is 29.2 Å². The first-order chi connectivity index (χ1) is 9.41. The smallest absolute Gasteiger partial charge is 0.331 e. The first-order valence-corrected chi connectivity index (χ1v) is 6.87. The number of nitrogens with one attached hydrogen (secondary N) is 2. The minimum atomic E-state index is -1.18. The van der Waals surface area contributed by atoms with Crippen LogP contribution in [0.1, 0.15) is 19.4 Å². The highest BCUT2D eigenvalue weighted by molar-refractivity contribution is 7.07. The highest BCUT2D eigenvalue weighted by Crippen LogP contribution is 2.05. The van der Waals surface area contributed by atoms with Crippen LogP contribution in [0.3, 0.4) is 0 Å². The molecule has 3 N–H and O–H groups in total. The first-order valence-electron chi connectivity index (χ1n) is 5.93. The predicted molar refractivity (Wildman–Crippen MR) is 75.6 cm³/mol. The minimum absolute atomic E-state index is 0.00508. The van der Waals surface area contributed by atoms with Crippen molar-refractivity contribution in [2.24, 2.45) is 0 Å². The Kier molecular flexibility index (Phi) is 5.92. The third kappa shape index (κ3) is 4.85. The number of carboxylic acid groups (broad SMARTS) is 1.